The van der Waals surface area contributed by atoms with Gasteiger partial charge in [-0.15, -0.1) is 0 Å². The topological polar surface area (TPSA) is 112 Å². The number of anilines is 1. The van der Waals surface area contributed by atoms with Crippen molar-refractivity contribution in [1.82, 2.24) is 29.9 Å². The average molecular weight is 348 g/mol. The lowest BCUT2D eigenvalue weighted by molar-refractivity contribution is 0.326. The maximum atomic E-state index is 6.74. The summed E-state index contributed by atoms with van der Waals surface area (Å²) in [6.07, 6.45) is 4.81. The van der Waals surface area contributed by atoms with Crippen molar-refractivity contribution in [3.63, 3.8) is 0 Å². The summed E-state index contributed by atoms with van der Waals surface area (Å²) >= 11 is 0. The standard InChI is InChI=1S/C18H20N8/c1-11-2-3-12-13(8-11)25-17(24-12)18(19)4-6-26(7-5-18)16-14-15(21-9-20-14)22-10-23-16/h2-3,8-10H,4-7,19H2,1H3,(H,24,25)(H,20,21,22,23). The number of nitrogens with one attached hydrogen (secondary N) is 2. The second-order valence-corrected chi connectivity index (χ2v) is 7.05. The monoisotopic (exact) mass is 348 g/mol. The zero-order valence-electron chi connectivity index (χ0n) is 14.5. The molecule has 0 saturated carbocycles. The summed E-state index contributed by atoms with van der Waals surface area (Å²) in [7, 11) is 0. The van der Waals surface area contributed by atoms with E-state index in [4.69, 9.17) is 10.7 Å². The molecule has 4 heterocycles. The van der Waals surface area contributed by atoms with Gasteiger partial charge in [-0.3, -0.25) is 0 Å². The Hall–Kier alpha value is -3.00. The molecule has 1 fully saturated rings. The molecule has 4 N–H and O–H groups in total. The van der Waals surface area contributed by atoms with Crippen LogP contribution in [0.25, 0.3) is 22.2 Å². The van der Waals surface area contributed by atoms with Gasteiger partial charge in [0.05, 0.1) is 22.9 Å². The van der Waals surface area contributed by atoms with Gasteiger partial charge in [0.2, 0.25) is 0 Å². The number of aromatic nitrogens is 6. The van der Waals surface area contributed by atoms with Crippen LogP contribution in [0.15, 0.2) is 30.9 Å². The Bertz CT molecular complexity index is 1090. The molecule has 26 heavy (non-hydrogen) atoms. The van der Waals surface area contributed by atoms with Gasteiger partial charge in [-0.05, 0) is 37.5 Å². The Balaban J connectivity index is 1.42. The van der Waals surface area contributed by atoms with Crippen molar-refractivity contribution in [3.8, 4) is 0 Å². The summed E-state index contributed by atoms with van der Waals surface area (Å²) in [6, 6.07) is 6.22. The van der Waals surface area contributed by atoms with E-state index in [2.05, 4.69) is 48.9 Å². The predicted octanol–water partition coefficient (Wildman–Crippen LogP) is 1.99. The Labute approximate surface area is 149 Å². The van der Waals surface area contributed by atoms with Gasteiger partial charge in [0.1, 0.15) is 17.7 Å². The molecule has 0 spiro atoms. The third kappa shape index (κ3) is 2.33. The largest absolute Gasteiger partial charge is 0.354 e. The summed E-state index contributed by atoms with van der Waals surface area (Å²) in [5.74, 6) is 1.73. The summed E-state index contributed by atoms with van der Waals surface area (Å²) < 4.78 is 0. The van der Waals surface area contributed by atoms with Gasteiger partial charge in [-0.25, -0.2) is 19.9 Å². The van der Waals surface area contributed by atoms with Crippen LogP contribution < -0.4 is 10.6 Å². The number of H-pyrrole nitrogens is 2. The minimum Gasteiger partial charge on any atom is -0.354 e. The molecule has 1 saturated heterocycles. The lowest BCUT2D eigenvalue weighted by Crippen LogP contribution is -2.49. The zero-order valence-corrected chi connectivity index (χ0v) is 14.5. The number of piperidine rings is 1. The molecule has 0 radical (unpaired) electrons. The fourth-order valence-corrected chi connectivity index (χ4v) is 3.70. The molecular formula is C18H20N8. The van der Waals surface area contributed by atoms with E-state index >= 15 is 0 Å². The van der Waals surface area contributed by atoms with Crippen molar-refractivity contribution < 1.29 is 0 Å². The second kappa shape index (κ2) is 5.50. The van der Waals surface area contributed by atoms with Gasteiger partial charge in [0.15, 0.2) is 11.5 Å². The molecule has 0 aliphatic carbocycles. The van der Waals surface area contributed by atoms with E-state index in [0.717, 1.165) is 59.8 Å². The van der Waals surface area contributed by atoms with Crippen LogP contribution in [-0.4, -0.2) is 43.0 Å². The molecule has 3 aromatic heterocycles. The molecule has 0 unspecified atom stereocenters. The Morgan fingerprint density at radius 3 is 2.85 bits per heavy atom. The fraction of sp³-hybridized carbons (Fsp3) is 0.333. The molecular weight excluding hydrogens is 328 g/mol. The van der Waals surface area contributed by atoms with Gasteiger partial charge in [0.25, 0.3) is 0 Å². The lowest BCUT2D eigenvalue weighted by atomic mass is 9.88. The minimum absolute atomic E-state index is 0.457. The first-order chi connectivity index (χ1) is 12.6. The van der Waals surface area contributed by atoms with E-state index < -0.39 is 5.54 Å². The maximum Gasteiger partial charge on any atom is 0.162 e. The molecule has 0 amide bonds. The van der Waals surface area contributed by atoms with Crippen LogP contribution in [0.1, 0.15) is 24.2 Å². The summed E-state index contributed by atoms with van der Waals surface area (Å²) in [6.45, 7) is 3.67. The van der Waals surface area contributed by atoms with Crippen LogP contribution in [0.3, 0.4) is 0 Å². The Morgan fingerprint density at radius 1 is 1.15 bits per heavy atom. The highest BCUT2D eigenvalue weighted by molar-refractivity contribution is 5.82. The van der Waals surface area contributed by atoms with E-state index in [-0.39, 0.29) is 0 Å². The number of aryl methyl sites for hydroxylation is 1. The van der Waals surface area contributed by atoms with Gasteiger partial charge < -0.3 is 20.6 Å². The summed E-state index contributed by atoms with van der Waals surface area (Å²) in [4.78, 5) is 26.4. The molecule has 1 aliphatic heterocycles. The molecule has 8 nitrogen and oxygen atoms in total. The third-order valence-corrected chi connectivity index (χ3v) is 5.26. The number of nitrogens with zero attached hydrogens (tertiary/aromatic N) is 5. The molecule has 0 bridgehead atoms. The molecule has 8 heteroatoms. The predicted molar refractivity (Wildman–Crippen MR) is 99.8 cm³/mol. The normalized spacial score (nSPS) is 17.2. The van der Waals surface area contributed by atoms with Gasteiger partial charge in [0, 0.05) is 13.1 Å². The van der Waals surface area contributed by atoms with Crippen molar-refractivity contribution in [2.75, 3.05) is 18.0 Å². The highest BCUT2D eigenvalue weighted by Crippen LogP contribution is 2.32. The van der Waals surface area contributed by atoms with Crippen molar-refractivity contribution in [2.45, 2.75) is 25.3 Å². The maximum absolute atomic E-state index is 6.74. The highest BCUT2D eigenvalue weighted by atomic mass is 15.2. The van der Waals surface area contributed by atoms with Crippen LogP contribution in [0.2, 0.25) is 0 Å². The van der Waals surface area contributed by atoms with Crippen LogP contribution in [0.4, 0.5) is 5.82 Å². The van der Waals surface area contributed by atoms with E-state index in [9.17, 15) is 0 Å². The number of hydrogen-bond acceptors (Lipinski definition) is 6. The van der Waals surface area contributed by atoms with Crippen molar-refractivity contribution >= 4 is 28.0 Å². The molecule has 1 aliphatic rings. The van der Waals surface area contributed by atoms with Crippen molar-refractivity contribution in [2.24, 2.45) is 5.73 Å². The van der Waals surface area contributed by atoms with E-state index in [1.165, 1.54) is 5.56 Å². The van der Waals surface area contributed by atoms with E-state index in [0.29, 0.717) is 0 Å². The number of benzene rings is 1. The summed E-state index contributed by atoms with van der Waals surface area (Å²) in [5.41, 5.74) is 11.1. The smallest absolute Gasteiger partial charge is 0.162 e. The summed E-state index contributed by atoms with van der Waals surface area (Å²) in [5, 5.41) is 0. The number of aromatic amines is 2. The fourth-order valence-electron chi connectivity index (χ4n) is 3.70. The van der Waals surface area contributed by atoms with Gasteiger partial charge in [-0.1, -0.05) is 6.07 Å². The van der Waals surface area contributed by atoms with E-state index in [1.807, 2.05) is 6.07 Å². The third-order valence-electron chi connectivity index (χ3n) is 5.26. The Morgan fingerprint density at radius 2 is 2.00 bits per heavy atom. The van der Waals surface area contributed by atoms with Crippen LogP contribution in [0.5, 0.6) is 0 Å². The van der Waals surface area contributed by atoms with E-state index in [1.54, 1.807) is 12.7 Å². The molecule has 5 rings (SSSR count). The van der Waals surface area contributed by atoms with Crippen LogP contribution >= 0.6 is 0 Å². The first kappa shape index (κ1) is 15.3. The van der Waals surface area contributed by atoms with Crippen LogP contribution in [0, 0.1) is 6.92 Å². The van der Waals surface area contributed by atoms with Crippen LogP contribution in [-0.2, 0) is 5.54 Å². The molecule has 1 aromatic carbocycles. The molecule has 0 atom stereocenters. The SMILES string of the molecule is Cc1ccc2nc(C3(N)CCN(c4ncnc5[nH]cnc45)CC3)[nH]c2c1. The number of imidazole rings is 2. The van der Waals surface area contributed by atoms with Gasteiger partial charge in [-0.2, -0.15) is 0 Å². The molecule has 132 valence electrons. The van der Waals surface area contributed by atoms with Gasteiger partial charge >= 0.3 is 0 Å². The number of rotatable bonds is 2. The average Bonchev–Trinajstić information content (AvgIpc) is 3.28. The highest BCUT2D eigenvalue weighted by Gasteiger charge is 2.36. The zero-order chi connectivity index (χ0) is 17.7. The number of fused-ring (bicyclic) bond motifs is 2. The quantitative estimate of drug-likeness (QED) is 0.511. The number of hydrogen-bond donors (Lipinski definition) is 3. The first-order valence-corrected chi connectivity index (χ1v) is 8.77. The van der Waals surface area contributed by atoms with Crippen molar-refractivity contribution in [3.05, 3.63) is 42.2 Å². The molecule has 4 aromatic rings. The lowest BCUT2D eigenvalue weighted by Gasteiger charge is -2.38. The minimum atomic E-state index is -0.457. The Kier molecular flexibility index (Phi) is 3.23. The second-order valence-electron chi connectivity index (χ2n) is 7.05. The number of nitrogens with two attached hydrogens (primary N) is 1. The van der Waals surface area contributed by atoms with Crippen molar-refractivity contribution in [1.29, 1.82) is 0 Å². The first-order valence-electron chi connectivity index (χ1n) is 8.77.